The zero-order valence-corrected chi connectivity index (χ0v) is 20.8. The van der Waals surface area contributed by atoms with E-state index >= 15 is 0 Å². The van der Waals surface area contributed by atoms with Crippen LogP contribution in [0.25, 0.3) is 10.9 Å². The SMILES string of the molecule is CC(C(N)=O)N1C[C@@H](CCN2CCN(c3ccc4[nH]ccc4c3)CC2)c2ccccc21.O=C(O)C(=O)O. The molecule has 1 aromatic heterocycles. The third-order valence-electron chi connectivity index (χ3n) is 7.23. The van der Waals surface area contributed by atoms with Gasteiger partial charge in [0.25, 0.3) is 0 Å². The number of fused-ring (bicyclic) bond motifs is 2. The van der Waals surface area contributed by atoms with E-state index in [1.54, 1.807) is 0 Å². The number of amides is 1. The molecular formula is C27H33N5O5. The van der Waals surface area contributed by atoms with Crippen molar-refractivity contribution >= 4 is 40.1 Å². The first-order valence-electron chi connectivity index (χ1n) is 12.4. The topological polar surface area (TPSA) is 143 Å². The monoisotopic (exact) mass is 507 g/mol. The Bertz CT molecular complexity index is 1250. The second kappa shape index (κ2) is 11.3. The number of rotatable bonds is 6. The quantitative estimate of drug-likeness (QED) is 0.372. The van der Waals surface area contributed by atoms with Gasteiger partial charge in [-0.2, -0.15) is 0 Å². The standard InChI is InChI=1S/C25H31N5O.C2H2O4/c1-18(25(26)31)30-17-20(22-4-2-3-5-24(22)30)9-11-28-12-14-29(15-13-28)21-6-7-23-19(16-21)8-10-27-23;3-1(4)2(5)6/h2-8,10,16,18,20,27H,9,11-15,17H2,1H3,(H2,26,31);(H,3,4)(H,5,6)/t18?,20-;/m1./s1. The second-order valence-corrected chi connectivity index (χ2v) is 9.46. The minimum Gasteiger partial charge on any atom is -0.473 e. The number of nitrogens with two attached hydrogens (primary N) is 1. The first kappa shape index (κ1) is 26.0. The number of carboxylic acids is 2. The Kier molecular flexibility index (Phi) is 7.98. The van der Waals surface area contributed by atoms with Gasteiger partial charge in [-0.15, -0.1) is 0 Å². The number of aromatic nitrogens is 1. The van der Waals surface area contributed by atoms with Gasteiger partial charge in [-0.1, -0.05) is 18.2 Å². The zero-order chi connectivity index (χ0) is 26.5. The molecule has 10 heteroatoms. The molecule has 3 heterocycles. The van der Waals surface area contributed by atoms with Gasteiger partial charge in [-0.05, 0) is 55.8 Å². The lowest BCUT2D eigenvalue weighted by Crippen LogP contribution is -2.47. The van der Waals surface area contributed by atoms with E-state index in [0.29, 0.717) is 5.92 Å². The summed E-state index contributed by atoms with van der Waals surface area (Å²) in [6, 6.07) is 17.0. The maximum absolute atomic E-state index is 11.8. The van der Waals surface area contributed by atoms with E-state index < -0.39 is 11.9 Å². The molecule has 10 nitrogen and oxygen atoms in total. The number of aromatic amines is 1. The molecule has 3 aromatic rings. The summed E-state index contributed by atoms with van der Waals surface area (Å²) < 4.78 is 0. The predicted molar refractivity (Wildman–Crippen MR) is 142 cm³/mol. The van der Waals surface area contributed by atoms with Gasteiger partial charge in [0.1, 0.15) is 6.04 Å². The highest BCUT2D eigenvalue weighted by Crippen LogP contribution is 2.39. The van der Waals surface area contributed by atoms with Crippen LogP contribution in [0, 0.1) is 0 Å². The van der Waals surface area contributed by atoms with Crippen LogP contribution in [0.1, 0.15) is 24.8 Å². The third-order valence-corrected chi connectivity index (χ3v) is 7.23. The number of hydrogen-bond donors (Lipinski definition) is 4. The van der Waals surface area contributed by atoms with E-state index in [1.165, 1.54) is 27.8 Å². The fourth-order valence-electron chi connectivity index (χ4n) is 5.10. The number of hydrogen-bond acceptors (Lipinski definition) is 6. The Morgan fingerprint density at radius 2 is 1.73 bits per heavy atom. The van der Waals surface area contributed by atoms with Gasteiger partial charge in [0.2, 0.25) is 5.91 Å². The summed E-state index contributed by atoms with van der Waals surface area (Å²) in [7, 11) is 0. The van der Waals surface area contributed by atoms with Crippen molar-refractivity contribution in [1.82, 2.24) is 9.88 Å². The van der Waals surface area contributed by atoms with E-state index in [0.717, 1.165) is 45.7 Å². The van der Waals surface area contributed by atoms with Crippen LogP contribution >= 0.6 is 0 Å². The molecular weight excluding hydrogens is 474 g/mol. The van der Waals surface area contributed by atoms with Crippen LogP contribution in [-0.2, 0) is 14.4 Å². The Morgan fingerprint density at radius 3 is 2.41 bits per heavy atom. The zero-order valence-electron chi connectivity index (χ0n) is 20.8. The third kappa shape index (κ3) is 6.03. The maximum Gasteiger partial charge on any atom is 0.414 e. The normalized spacial score (nSPS) is 18.1. The highest BCUT2D eigenvalue weighted by atomic mass is 16.4. The van der Waals surface area contributed by atoms with Crippen molar-refractivity contribution in [2.24, 2.45) is 5.73 Å². The first-order chi connectivity index (χ1) is 17.7. The number of anilines is 2. The van der Waals surface area contributed by atoms with Crippen LogP contribution < -0.4 is 15.5 Å². The fraction of sp³-hybridized carbons (Fsp3) is 0.370. The molecule has 2 aliphatic rings. The molecule has 0 bridgehead atoms. The molecule has 37 heavy (non-hydrogen) atoms. The summed E-state index contributed by atoms with van der Waals surface area (Å²) in [6.07, 6.45) is 3.10. The van der Waals surface area contributed by atoms with Gasteiger partial charge in [0.15, 0.2) is 0 Å². The lowest BCUT2D eigenvalue weighted by Gasteiger charge is -2.36. The van der Waals surface area contributed by atoms with Crippen LogP contribution in [0.15, 0.2) is 54.7 Å². The van der Waals surface area contributed by atoms with Crippen molar-refractivity contribution in [1.29, 1.82) is 0 Å². The number of aliphatic carboxylic acids is 2. The molecule has 5 N–H and O–H groups in total. The van der Waals surface area contributed by atoms with Crippen LogP contribution in [0.4, 0.5) is 11.4 Å². The van der Waals surface area contributed by atoms with Gasteiger partial charge in [0.05, 0.1) is 0 Å². The lowest BCUT2D eigenvalue weighted by molar-refractivity contribution is -0.159. The van der Waals surface area contributed by atoms with E-state index in [4.69, 9.17) is 25.5 Å². The molecule has 5 rings (SSSR count). The van der Waals surface area contributed by atoms with Crippen LogP contribution in [-0.4, -0.2) is 83.3 Å². The van der Waals surface area contributed by atoms with Crippen molar-refractivity contribution < 1.29 is 24.6 Å². The predicted octanol–water partition coefficient (Wildman–Crippen LogP) is 2.31. The minimum atomic E-state index is -1.82. The van der Waals surface area contributed by atoms with Crippen molar-refractivity contribution in [3.05, 3.63) is 60.3 Å². The highest BCUT2D eigenvalue weighted by molar-refractivity contribution is 6.27. The molecule has 1 amide bonds. The summed E-state index contributed by atoms with van der Waals surface area (Å²) in [5, 5.41) is 16.1. The molecule has 0 saturated carbocycles. The largest absolute Gasteiger partial charge is 0.473 e. The van der Waals surface area contributed by atoms with Gasteiger partial charge < -0.3 is 30.7 Å². The number of para-hydroxylation sites is 1. The van der Waals surface area contributed by atoms with Crippen LogP contribution in [0.5, 0.6) is 0 Å². The average molecular weight is 508 g/mol. The number of H-pyrrole nitrogens is 1. The molecule has 2 aromatic carbocycles. The van der Waals surface area contributed by atoms with Crippen molar-refractivity contribution in [2.75, 3.05) is 49.1 Å². The van der Waals surface area contributed by atoms with E-state index in [1.807, 2.05) is 19.2 Å². The van der Waals surface area contributed by atoms with Crippen molar-refractivity contribution in [3.63, 3.8) is 0 Å². The van der Waals surface area contributed by atoms with Gasteiger partial charge in [0, 0.05) is 67.1 Å². The smallest absolute Gasteiger partial charge is 0.414 e. The summed E-state index contributed by atoms with van der Waals surface area (Å²) in [5.41, 5.74) is 10.6. The van der Waals surface area contributed by atoms with Crippen LogP contribution in [0.2, 0.25) is 0 Å². The fourth-order valence-corrected chi connectivity index (χ4v) is 5.10. The van der Waals surface area contributed by atoms with Gasteiger partial charge >= 0.3 is 11.9 Å². The highest BCUT2D eigenvalue weighted by Gasteiger charge is 2.33. The molecule has 1 fully saturated rings. The summed E-state index contributed by atoms with van der Waals surface area (Å²) >= 11 is 0. The van der Waals surface area contributed by atoms with Crippen molar-refractivity contribution in [3.8, 4) is 0 Å². The number of carbonyl (C=O) groups is 3. The number of carboxylic acid groups (broad SMARTS) is 2. The first-order valence-corrected chi connectivity index (χ1v) is 12.4. The van der Waals surface area contributed by atoms with Crippen LogP contribution in [0.3, 0.4) is 0 Å². The molecule has 2 aliphatic heterocycles. The van der Waals surface area contributed by atoms with Crippen molar-refractivity contribution in [2.45, 2.75) is 25.3 Å². The minimum absolute atomic E-state index is 0.260. The number of piperazine rings is 1. The van der Waals surface area contributed by atoms with Gasteiger partial charge in [-0.3, -0.25) is 9.69 Å². The van der Waals surface area contributed by atoms with E-state index in [9.17, 15) is 4.79 Å². The number of benzene rings is 2. The van der Waals surface area contributed by atoms with E-state index in [-0.39, 0.29) is 11.9 Å². The molecule has 196 valence electrons. The second-order valence-electron chi connectivity index (χ2n) is 9.46. The molecule has 1 unspecified atom stereocenters. The molecule has 0 spiro atoms. The molecule has 2 atom stereocenters. The Balaban J connectivity index is 0.000000480. The number of carbonyl (C=O) groups excluding carboxylic acids is 1. The Hall–Kier alpha value is -4.05. The molecule has 1 saturated heterocycles. The molecule has 0 radical (unpaired) electrons. The number of nitrogens with zero attached hydrogens (tertiary/aromatic N) is 3. The number of primary amides is 1. The number of nitrogens with one attached hydrogen (secondary N) is 1. The summed E-state index contributed by atoms with van der Waals surface area (Å²) in [5.74, 6) is -3.46. The Morgan fingerprint density at radius 1 is 1.03 bits per heavy atom. The Labute approximate surface area is 215 Å². The molecule has 0 aliphatic carbocycles. The summed E-state index contributed by atoms with van der Waals surface area (Å²) in [4.78, 5) is 40.5. The van der Waals surface area contributed by atoms with Gasteiger partial charge in [-0.25, -0.2) is 9.59 Å². The summed E-state index contributed by atoms with van der Waals surface area (Å²) in [6.45, 7) is 8.15. The lowest BCUT2D eigenvalue weighted by atomic mass is 9.97. The van der Waals surface area contributed by atoms with E-state index in [2.05, 4.69) is 62.1 Å². The maximum atomic E-state index is 11.8. The average Bonchev–Trinajstić information content (AvgIpc) is 3.52.